The van der Waals surface area contributed by atoms with Crippen molar-refractivity contribution in [2.75, 3.05) is 50.2 Å². The molecular weight excluding hydrogens is 404 g/mol. The molecule has 1 aliphatic carbocycles. The molecule has 8 nitrogen and oxygen atoms in total. The van der Waals surface area contributed by atoms with Crippen LogP contribution in [0.15, 0.2) is 30.6 Å². The lowest BCUT2D eigenvalue weighted by Gasteiger charge is -2.27. The highest BCUT2D eigenvalue weighted by molar-refractivity contribution is 5.84. The van der Waals surface area contributed by atoms with Gasteiger partial charge in [-0.15, -0.1) is 0 Å². The number of fused-ring (bicyclic) bond motifs is 1. The minimum atomic E-state index is 0.480. The molecule has 0 amide bonds. The Morgan fingerprint density at radius 3 is 2.59 bits per heavy atom. The Hall–Kier alpha value is -2.87. The maximum atomic E-state index is 5.53. The van der Waals surface area contributed by atoms with Crippen molar-refractivity contribution in [3.8, 4) is 5.75 Å². The molecule has 2 aliphatic rings. The van der Waals surface area contributed by atoms with E-state index in [1.165, 1.54) is 37.7 Å². The number of methoxy groups -OCH3 is 1. The monoisotopic (exact) mass is 436 g/mol. The Kier molecular flexibility index (Phi) is 6.39. The van der Waals surface area contributed by atoms with Crippen molar-refractivity contribution >= 4 is 22.9 Å². The Labute approximate surface area is 189 Å². The summed E-state index contributed by atoms with van der Waals surface area (Å²) < 4.78 is 13.1. The van der Waals surface area contributed by atoms with Crippen LogP contribution in [0.5, 0.6) is 5.75 Å². The zero-order chi connectivity index (χ0) is 21.8. The summed E-state index contributed by atoms with van der Waals surface area (Å²) in [6, 6.07) is 8.69. The number of aromatic nitrogens is 4. The lowest BCUT2D eigenvalue weighted by atomic mass is 9.95. The maximum Gasteiger partial charge on any atom is 0.229 e. The molecule has 0 radical (unpaired) electrons. The van der Waals surface area contributed by atoms with Crippen molar-refractivity contribution in [2.24, 2.45) is 0 Å². The highest BCUT2D eigenvalue weighted by Gasteiger charge is 2.23. The number of imidazole rings is 1. The molecule has 1 aromatic carbocycles. The molecule has 3 aromatic rings. The molecule has 1 N–H and O–H groups in total. The van der Waals surface area contributed by atoms with E-state index in [1.807, 2.05) is 18.5 Å². The number of rotatable bonds is 7. The molecule has 2 aromatic heterocycles. The summed E-state index contributed by atoms with van der Waals surface area (Å²) in [6.07, 6.45) is 9.14. The summed E-state index contributed by atoms with van der Waals surface area (Å²) in [5.41, 5.74) is 3.06. The van der Waals surface area contributed by atoms with Gasteiger partial charge in [-0.2, -0.15) is 9.97 Å². The topological polar surface area (TPSA) is 77.3 Å². The number of morpholine rings is 1. The standard InChI is InChI=1S/C24H32N6O2/c1-31-20-9-7-18(8-10-20)11-12-25-22-21-23(28-24(27-22)29-13-15-32-16-14-29)30(17-26-21)19-5-3-2-4-6-19/h7-10,17,19H,2-6,11-16H2,1H3,(H,25,27,28). The second kappa shape index (κ2) is 9.73. The van der Waals surface area contributed by atoms with E-state index in [0.717, 1.165) is 54.7 Å². The SMILES string of the molecule is COc1ccc(CCNc2nc(N3CCOCC3)nc3c2ncn3C2CCCCC2)cc1. The quantitative estimate of drug-likeness (QED) is 0.603. The van der Waals surface area contributed by atoms with Gasteiger partial charge in [-0.25, -0.2) is 4.98 Å². The van der Waals surface area contributed by atoms with Gasteiger partial charge in [-0.05, 0) is 37.0 Å². The molecule has 5 rings (SSSR count). The van der Waals surface area contributed by atoms with Gasteiger partial charge in [0.15, 0.2) is 17.0 Å². The number of hydrogen-bond acceptors (Lipinski definition) is 7. The van der Waals surface area contributed by atoms with Crippen LogP contribution in [0.2, 0.25) is 0 Å². The largest absolute Gasteiger partial charge is 0.497 e. The Morgan fingerprint density at radius 1 is 1.06 bits per heavy atom. The predicted octanol–water partition coefficient (Wildman–Crippen LogP) is 3.83. The van der Waals surface area contributed by atoms with Crippen molar-refractivity contribution in [3.05, 3.63) is 36.2 Å². The minimum Gasteiger partial charge on any atom is -0.497 e. The average molecular weight is 437 g/mol. The van der Waals surface area contributed by atoms with E-state index >= 15 is 0 Å². The van der Waals surface area contributed by atoms with Crippen molar-refractivity contribution < 1.29 is 9.47 Å². The number of ether oxygens (including phenoxy) is 2. The summed E-state index contributed by atoms with van der Waals surface area (Å²) in [7, 11) is 1.69. The number of benzene rings is 1. The minimum absolute atomic E-state index is 0.480. The van der Waals surface area contributed by atoms with Crippen molar-refractivity contribution in [2.45, 2.75) is 44.6 Å². The van der Waals surface area contributed by atoms with Gasteiger partial charge in [0.2, 0.25) is 5.95 Å². The van der Waals surface area contributed by atoms with Gasteiger partial charge in [0.05, 0.1) is 26.7 Å². The first kappa shape index (κ1) is 21.0. The van der Waals surface area contributed by atoms with Gasteiger partial charge in [-0.1, -0.05) is 31.4 Å². The second-order valence-electron chi connectivity index (χ2n) is 8.61. The Morgan fingerprint density at radius 2 is 1.84 bits per heavy atom. The molecule has 8 heteroatoms. The smallest absolute Gasteiger partial charge is 0.229 e. The molecule has 0 bridgehead atoms. The average Bonchev–Trinajstić information content (AvgIpc) is 3.30. The highest BCUT2D eigenvalue weighted by atomic mass is 16.5. The van der Waals surface area contributed by atoms with E-state index < -0.39 is 0 Å². The van der Waals surface area contributed by atoms with Gasteiger partial charge in [0.1, 0.15) is 5.75 Å². The Bertz CT molecular complexity index is 1020. The van der Waals surface area contributed by atoms with E-state index in [2.05, 4.69) is 26.9 Å². The number of nitrogens with zero attached hydrogens (tertiary/aromatic N) is 5. The normalized spacial score (nSPS) is 17.6. The fourth-order valence-electron chi connectivity index (χ4n) is 4.68. The molecule has 3 heterocycles. The van der Waals surface area contributed by atoms with Gasteiger partial charge in [0, 0.05) is 25.7 Å². The van der Waals surface area contributed by atoms with Crippen molar-refractivity contribution in [3.63, 3.8) is 0 Å². The fourth-order valence-corrected chi connectivity index (χ4v) is 4.68. The first-order valence-electron chi connectivity index (χ1n) is 11.8. The van der Waals surface area contributed by atoms with E-state index in [-0.39, 0.29) is 0 Å². The van der Waals surface area contributed by atoms with Crippen LogP contribution in [0.25, 0.3) is 11.2 Å². The van der Waals surface area contributed by atoms with Crippen LogP contribution < -0.4 is 15.0 Å². The number of anilines is 2. The molecule has 2 fully saturated rings. The van der Waals surface area contributed by atoms with Crippen molar-refractivity contribution in [1.82, 2.24) is 19.5 Å². The van der Waals surface area contributed by atoms with Crippen LogP contribution in [-0.2, 0) is 11.2 Å². The number of hydrogen-bond donors (Lipinski definition) is 1. The molecule has 1 saturated heterocycles. The zero-order valence-electron chi connectivity index (χ0n) is 18.8. The van der Waals surface area contributed by atoms with Gasteiger partial charge in [0.25, 0.3) is 0 Å². The first-order chi connectivity index (χ1) is 15.8. The summed E-state index contributed by atoms with van der Waals surface area (Å²) in [6.45, 7) is 3.83. The van der Waals surface area contributed by atoms with E-state index in [4.69, 9.17) is 24.4 Å². The zero-order valence-corrected chi connectivity index (χ0v) is 18.8. The van der Waals surface area contributed by atoms with E-state index in [9.17, 15) is 0 Å². The van der Waals surface area contributed by atoms with Crippen LogP contribution in [0.4, 0.5) is 11.8 Å². The maximum absolute atomic E-state index is 5.53. The summed E-state index contributed by atoms with van der Waals surface area (Å²) in [4.78, 5) is 16.8. The van der Waals surface area contributed by atoms with Crippen LogP contribution >= 0.6 is 0 Å². The summed E-state index contributed by atoms with van der Waals surface area (Å²) in [5.74, 6) is 2.47. The molecule has 0 spiro atoms. The third-order valence-electron chi connectivity index (χ3n) is 6.54. The summed E-state index contributed by atoms with van der Waals surface area (Å²) in [5, 5.41) is 3.54. The Balaban J connectivity index is 1.40. The lowest BCUT2D eigenvalue weighted by Crippen LogP contribution is -2.37. The van der Waals surface area contributed by atoms with Crippen LogP contribution in [0, 0.1) is 0 Å². The highest BCUT2D eigenvalue weighted by Crippen LogP contribution is 2.32. The molecule has 1 aliphatic heterocycles. The third-order valence-corrected chi connectivity index (χ3v) is 6.54. The van der Waals surface area contributed by atoms with Crippen LogP contribution in [-0.4, -0.2) is 59.5 Å². The molecular formula is C24H32N6O2. The van der Waals surface area contributed by atoms with E-state index in [1.54, 1.807) is 7.11 Å². The third kappa shape index (κ3) is 4.50. The molecule has 0 unspecified atom stereocenters. The molecule has 170 valence electrons. The molecule has 1 saturated carbocycles. The van der Waals surface area contributed by atoms with Gasteiger partial charge < -0.3 is 24.3 Å². The van der Waals surface area contributed by atoms with Gasteiger partial charge in [-0.3, -0.25) is 0 Å². The van der Waals surface area contributed by atoms with Crippen LogP contribution in [0.1, 0.15) is 43.7 Å². The molecule has 0 atom stereocenters. The van der Waals surface area contributed by atoms with Gasteiger partial charge >= 0.3 is 0 Å². The van der Waals surface area contributed by atoms with E-state index in [0.29, 0.717) is 19.3 Å². The fraction of sp³-hybridized carbons (Fsp3) is 0.542. The first-order valence-corrected chi connectivity index (χ1v) is 11.8. The van der Waals surface area contributed by atoms with Crippen molar-refractivity contribution in [1.29, 1.82) is 0 Å². The molecule has 32 heavy (non-hydrogen) atoms. The number of nitrogens with one attached hydrogen (secondary N) is 1. The second-order valence-corrected chi connectivity index (χ2v) is 8.61. The summed E-state index contributed by atoms with van der Waals surface area (Å²) >= 11 is 0. The lowest BCUT2D eigenvalue weighted by molar-refractivity contribution is 0.122. The van der Waals surface area contributed by atoms with Crippen LogP contribution in [0.3, 0.4) is 0 Å². The predicted molar refractivity (Wildman–Crippen MR) is 126 cm³/mol.